The zero-order valence-electron chi connectivity index (χ0n) is 14.6. The van der Waals surface area contributed by atoms with Gasteiger partial charge >= 0.3 is 5.97 Å². The molecule has 0 saturated carbocycles. The minimum atomic E-state index is -0.529. The second-order valence-electron chi connectivity index (χ2n) is 5.50. The first-order chi connectivity index (χ1) is 11.8. The molecule has 0 aliphatic rings. The van der Waals surface area contributed by atoms with Crippen molar-refractivity contribution in [2.45, 2.75) is 20.8 Å². The lowest BCUT2D eigenvalue weighted by Gasteiger charge is -2.07. The van der Waals surface area contributed by atoms with Crippen LogP contribution in [0.15, 0.2) is 28.7 Å². The topological polar surface area (TPSA) is 97.6 Å². The average molecular weight is 344 g/mol. The number of anilines is 1. The molecule has 0 aliphatic carbocycles. The van der Waals surface area contributed by atoms with Gasteiger partial charge in [0.05, 0.1) is 12.7 Å². The Balaban J connectivity index is 2.04. The number of hydrogen-bond acceptors (Lipinski definition) is 5. The second-order valence-corrected chi connectivity index (χ2v) is 5.50. The fourth-order valence-electron chi connectivity index (χ4n) is 2.35. The van der Waals surface area contributed by atoms with E-state index in [2.05, 4.69) is 15.4 Å². The molecule has 0 fully saturated rings. The van der Waals surface area contributed by atoms with Crippen molar-refractivity contribution in [2.75, 3.05) is 19.0 Å². The molecule has 1 aromatic heterocycles. The Bertz CT molecular complexity index is 806. The summed E-state index contributed by atoms with van der Waals surface area (Å²) in [5, 5.41) is 5.21. The zero-order valence-corrected chi connectivity index (χ0v) is 14.6. The molecule has 0 bridgehead atoms. The maximum absolute atomic E-state index is 12.4. The highest BCUT2D eigenvalue weighted by molar-refractivity contribution is 6.06. The van der Waals surface area contributed by atoms with Crippen LogP contribution >= 0.6 is 0 Å². The van der Waals surface area contributed by atoms with E-state index in [-0.39, 0.29) is 12.5 Å². The van der Waals surface area contributed by atoms with E-state index < -0.39 is 11.9 Å². The number of esters is 1. The molecule has 25 heavy (non-hydrogen) atoms. The Morgan fingerprint density at radius 2 is 1.64 bits per heavy atom. The number of carbonyl (C=O) groups is 3. The van der Waals surface area contributed by atoms with Crippen LogP contribution in [0.3, 0.4) is 0 Å². The summed E-state index contributed by atoms with van der Waals surface area (Å²) in [6.45, 7) is 5.17. The first-order valence-electron chi connectivity index (χ1n) is 7.66. The van der Waals surface area contributed by atoms with Gasteiger partial charge < -0.3 is 19.8 Å². The smallest absolute Gasteiger partial charge is 0.325 e. The third kappa shape index (κ3) is 4.26. The van der Waals surface area contributed by atoms with E-state index >= 15 is 0 Å². The lowest BCUT2D eigenvalue weighted by atomic mass is 10.1. The Kier molecular flexibility index (Phi) is 5.59. The normalized spacial score (nSPS) is 10.2. The number of rotatable bonds is 5. The highest BCUT2D eigenvalue weighted by Crippen LogP contribution is 2.22. The number of aryl methyl sites for hydroxylation is 2. The van der Waals surface area contributed by atoms with Gasteiger partial charge in [-0.25, -0.2) is 0 Å². The van der Waals surface area contributed by atoms with Crippen LogP contribution in [-0.2, 0) is 9.53 Å². The maximum Gasteiger partial charge on any atom is 0.325 e. The molecule has 132 valence electrons. The summed E-state index contributed by atoms with van der Waals surface area (Å²) in [6, 6.07) is 6.34. The summed E-state index contributed by atoms with van der Waals surface area (Å²) in [6.07, 6.45) is 0. The van der Waals surface area contributed by atoms with Crippen molar-refractivity contribution in [3.63, 3.8) is 0 Å². The quantitative estimate of drug-likeness (QED) is 0.812. The third-order valence-electron chi connectivity index (χ3n) is 3.81. The molecule has 0 unspecified atom stereocenters. The number of nitrogens with one attached hydrogen (secondary N) is 2. The fourth-order valence-corrected chi connectivity index (χ4v) is 2.35. The van der Waals surface area contributed by atoms with Crippen LogP contribution in [0.2, 0.25) is 0 Å². The predicted octanol–water partition coefficient (Wildman–Crippen LogP) is 2.36. The minimum absolute atomic E-state index is 0.202. The zero-order chi connectivity index (χ0) is 18.6. The van der Waals surface area contributed by atoms with Crippen LogP contribution in [0.1, 0.15) is 37.8 Å². The molecule has 2 aromatic rings. The first-order valence-corrected chi connectivity index (χ1v) is 7.66. The molecule has 7 nitrogen and oxygen atoms in total. The van der Waals surface area contributed by atoms with Gasteiger partial charge in [0.2, 0.25) is 0 Å². The van der Waals surface area contributed by atoms with Gasteiger partial charge in [0, 0.05) is 16.8 Å². The minimum Gasteiger partial charge on any atom is -0.468 e. The first kappa shape index (κ1) is 18.3. The van der Waals surface area contributed by atoms with Gasteiger partial charge in [-0.2, -0.15) is 0 Å². The van der Waals surface area contributed by atoms with Crippen molar-refractivity contribution in [1.29, 1.82) is 0 Å². The van der Waals surface area contributed by atoms with Gasteiger partial charge in [-0.3, -0.25) is 14.4 Å². The number of furan rings is 1. The van der Waals surface area contributed by atoms with E-state index in [4.69, 9.17) is 4.42 Å². The molecule has 2 rings (SSSR count). The summed E-state index contributed by atoms with van der Waals surface area (Å²) < 4.78 is 9.91. The van der Waals surface area contributed by atoms with Crippen molar-refractivity contribution in [3.8, 4) is 0 Å². The molecular weight excluding hydrogens is 324 g/mol. The molecule has 7 heteroatoms. The predicted molar refractivity (Wildman–Crippen MR) is 91.7 cm³/mol. The second kappa shape index (κ2) is 7.65. The standard InChI is InChI=1S/C18H20N2O5/c1-10-11(2)25-12(3)16(10)18(23)20-14-7-5-13(6-8-14)17(22)19-9-15(21)24-4/h5-8H,9H2,1-4H3,(H,19,22)(H,20,23). The molecule has 2 N–H and O–H groups in total. The van der Waals surface area contributed by atoms with E-state index in [9.17, 15) is 14.4 Å². The van der Waals surface area contributed by atoms with E-state index in [0.29, 0.717) is 28.3 Å². The molecule has 1 heterocycles. The summed E-state index contributed by atoms with van der Waals surface area (Å²) in [4.78, 5) is 35.3. The van der Waals surface area contributed by atoms with Crippen molar-refractivity contribution in [1.82, 2.24) is 5.32 Å². The van der Waals surface area contributed by atoms with Crippen LogP contribution in [0.25, 0.3) is 0 Å². The summed E-state index contributed by atoms with van der Waals surface area (Å²) in [7, 11) is 1.25. The van der Waals surface area contributed by atoms with Gasteiger partial charge in [-0.1, -0.05) is 0 Å². The monoisotopic (exact) mass is 344 g/mol. The summed E-state index contributed by atoms with van der Waals surface area (Å²) >= 11 is 0. The van der Waals surface area contributed by atoms with Gasteiger partial charge in [0.1, 0.15) is 18.1 Å². The van der Waals surface area contributed by atoms with E-state index in [1.165, 1.54) is 7.11 Å². The maximum atomic E-state index is 12.4. The van der Waals surface area contributed by atoms with Crippen molar-refractivity contribution >= 4 is 23.5 Å². The SMILES string of the molecule is COC(=O)CNC(=O)c1ccc(NC(=O)c2c(C)oc(C)c2C)cc1. The van der Waals surface area contributed by atoms with Crippen molar-refractivity contribution in [2.24, 2.45) is 0 Å². The highest BCUT2D eigenvalue weighted by Gasteiger charge is 2.18. The molecule has 0 radical (unpaired) electrons. The molecule has 0 spiro atoms. The van der Waals surface area contributed by atoms with E-state index in [1.807, 2.05) is 6.92 Å². The fraction of sp³-hybridized carbons (Fsp3) is 0.278. The molecular formula is C18H20N2O5. The Morgan fingerprint density at radius 3 is 2.16 bits per heavy atom. The highest BCUT2D eigenvalue weighted by atomic mass is 16.5. The number of hydrogen-bond donors (Lipinski definition) is 2. The van der Waals surface area contributed by atoms with Crippen LogP contribution in [0.4, 0.5) is 5.69 Å². The van der Waals surface area contributed by atoms with E-state index in [1.54, 1.807) is 38.1 Å². The average Bonchev–Trinajstić information content (AvgIpc) is 2.85. The van der Waals surface area contributed by atoms with Gasteiger partial charge in [0.15, 0.2) is 0 Å². The Morgan fingerprint density at radius 1 is 1.00 bits per heavy atom. The van der Waals surface area contributed by atoms with E-state index in [0.717, 1.165) is 5.56 Å². The van der Waals surface area contributed by atoms with Crippen molar-refractivity contribution < 1.29 is 23.5 Å². The Hall–Kier alpha value is -3.09. The van der Waals surface area contributed by atoms with Gasteiger partial charge in [0.25, 0.3) is 11.8 Å². The van der Waals surface area contributed by atoms with Gasteiger partial charge in [-0.05, 0) is 45.0 Å². The van der Waals surface area contributed by atoms with Crippen LogP contribution in [0.5, 0.6) is 0 Å². The lowest BCUT2D eigenvalue weighted by molar-refractivity contribution is -0.139. The summed E-state index contributed by atoms with van der Waals surface area (Å²) in [5.41, 5.74) is 2.23. The van der Waals surface area contributed by atoms with Crippen LogP contribution in [0, 0.1) is 20.8 Å². The molecule has 0 aliphatic heterocycles. The number of carbonyl (C=O) groups excluding carboxylic acids is 3. The van der Waals surface area contributed by atoms with Crippen LogP contribution < -0.4 is 10.6 Å². The summed E-state index contributed by atoms with van der Waals surface area (Å²) in [5.74, 6) is 0.0696. The third-order valence-corrected chi connectivity index (χ3v) is 3.81. The van der Waals surface area contributed by atoms with Gasteiger partial charge in [-0.15, -0.1) is 0 Å². The Labute approximate surface area is 145 Å². The molecule has 1 aromatic carbocycles. The lowest BCUT2D eigenvalue weighted by Crippen LogP contribution is -2.30. The number of ether oxygens (including phenoxy) is 1. The largest absolute Gasteiger partial charge is 0.468 e. The molecule has 2 amide bonds. The molecule has 0 saturated heterocycles. The molecule has 0 atom stereocenters. The van der Waals surface area contributed by atoms with Crippen LogP contribution in [-0.4, -0.2) is 31.4 Å². The van der Waals surface area contributed by atoms with Crippen molar-refractivity contribution in [3.05, 3.63) is 52.5 Å². The number of benzene rings is 1. The number of amides is 2. The number of methoxy groups -OCH3 is 1.